The van der Waals surface area contributed by atoms with Gasteiger partial charge in [0.05, 0.1) is 12.7 Å². The van der Waals surface area contributed by atoms with E-state index in [-0.39, 0.29) is 6.10 Å². The number of ether oxygens (including phenoxy) is 3. The van der Waals surface area contributed by atoms with Gasteiger partial charge in [-0.1, -0.05) is 0 Å². The van der Waals surface area contributed by atoms with Crippen molar-refractivity contribution in [3.05, 3.63) is 0 Å². The smallest absolute Gasteiger partial charge is 0.0705 e. The Hall–Kier alpha value is -0.200. The van der Waals surface area contributed by atoms with E-state index >= 15 is 0 Å². The van der Waals surface area contributed by atoms with Crippen LogP contribution in [0.15, 0.2) is 0 Å². The lowest BCUT2D eigenvalue weighted by Crippen LogP contribution is -2.34. The van der Waals surface area contributed by atoms with Crippen LogP contribution < -0.4 is 5.73 Å². The van der Waals surface area contributed by atoms with Crippen LogP contribution in [0.5, 0.6) is 0 Å². The van der Waals surface area contributed by atoms with Gasteiger partial charge in [-0.25, -0.2) is 0 Å². The van der Waals surface area contributed by atoms with Gasteiger partial charge in [-0.3, -0.25) is 0 Å². The number of hydrogen-bond donors (Lipinski definition) is 1. The predicted molar refractivity (Wildman–Crippen MR) is 69.3 cm³/mol. The van der Waals surface area contributed by atoms with Crippen molar-refractivity contribution in [1.29, 1.82) is 0 Å². The van der Waals surface area contributed by atoms with Crippen LogP contribution >= 0.6 is 0 Å². The zero-order chi connectivity index (χ0) is 12.9. The quantitative estimate of drug-likeness (QED) is 0.505. The third-order valence-electron chi connectivity index (χ3n) is 2.80. The Bertz CT molecular complexity index is 155. The second-order valence-corrected chi connectivity index (χ2v) is 4.06. The van der Waals surface area contributed by atoms with Gasteiger partial charge in [0.2, 0.25) is 0 Å². The Labute approximate surface area is 105 Å². The summed E-state index contributed by atoms with van der Waals surface area (Å²) in [5.74, 6) is 0. The summed E-state index contributed by atoms with van der Waals surface area (Å²) in [5.41, 5.74) is 5.60. The summed E-state index contributed by atoms with van der Waals surface area (Å²) in [7, 11) is 5.17. The molecule has 1 unspecified atom stereocenters. The van der Waals surface area contributed by atoms with E-state index in [9.17, 15) is 0 Å². The van der Waals surface area contributed by atoms with E-state index in [0.717, 1.165) is 45.7 Å². The molecular formula is C12H28N2O3. The molecule has 17 heavy (non-hydrogen) atoms. The Morgan fingerprint density at radius 2 is 1.71 bits per heavy atom. The third-order valence-corrected chi connectivity index (χ3v) is 2.80. The van der Waals surface area contributed by atoms with Gasteiger partial charge < -0.3 is 24.8 Å². The molecule has 0 bridgehead atoms. The summed E-state index contributed by atoms with van der Waals surface area (Å²) in [5, 5.41) is 0. The maximum absolute atomic E-state index is 5.60. The molecule has 0 aromatic rings. The topological polar surface area (TPSA) is 57.0 Å². The summed E-state index contributed by atoms with van der Waals surface area (Å²) >= 11 is 0. The molecule has 0 amide bonds. The lowest BCUT2D eigenvalue weighted by Gasteiger charge is -2.23. The molecular weight excluding hydrogens is 220 g/mol. The summed E-state index contributed by atoms with van der Waals surface area (Å²) in [6.45, 7) is 5.09. The molecule has 0 rings (SSSR count). The standard InChI is InChI=1S/C12H28N2O3/c1-15-9-4-6-14(8-10-16-2)7-5-12(11-13)17-3/h12H,4-11,13H2,1-3H3. The van der Waals surface area contributed by atoms with E-state index in [2.05, 4.69) is 4.90 Å². The molecule has 0 aliphatic heterocycles. The normalized spacial score (nSPS) is 13.2. The highest BCUT2D eigenvalue weighted by atomic mass is 16.5. The number of hydrogen-bond acceptors (Lipinski definition) is 5. The number of nitrogens with two attached hydrogens (primary N) is 1. The van der Waals surface area contributed by atoms with Crippen LogP contribution in [0.4, 0.5) is 0 Å². The maximum atomic E-state index is 5.60. The van der Waals surface area contributed by atoms with Crippen molar-refractivity contribution in [1.82, 2.24) is 4.90 Å². The van der Waals surface area contributed by atoms with Gasteiger partial charge >= 0.3 is 0 Å². The van der Waals surface area contributed by atoms with Gasteiger partial charge in [0.1, 0.15) is 0 Å². The van der Waals surface area contributed by atoms with Gasteiger partial charge in [-0.05, 0) is 12.8 Å². The molecule has 0 saturated heterocycles. The Morgan fingerprint density at radius 3 is 2.24 bits per heavy atom. The first-order chi connectivity index (χ1) is 8.28. The first-order valence-electron chi connectivity index (χ1n) is 6.21. The Kier molecular flexibility index (Phi) is 12.1. The highest BCUT2D eigenvalue weighted by Crippen LogP contribution is 2.00. The Morgan fingerprint density at radius 1 is 1.00 bits per heavy atom. The third kappa shape index (κ3) is 9.50. The average Bonchev–Trinajstić information content (AvgIpc) is 2.36. The van der Waals surface area contributed by atoms with Gasteiger partial charge in [0.15, 0.2) is 0 Å². The summed E-state index contributed by atoms with van der Waals surface area (Å²) in [6.07, 6.45) is 2.16. The van der Waals surface area contributed by atoms with Crippen LogP contribution in [0.2, 0.25) is 0 Å². The first kappa shape index (κ1) is 16.8. The molecule has 0 aliphatic rings. The minimum atomic E-state index is 0.155. The van der Waals surface area contributed by atoms with E-state index in [1.54, 1.807) is 21.3 Å². The molecule has 5 heteroatoms. The molecule has 0 saturated carbocycles. The van der Waals surface area contributed by atoms with Crippen LogP contribution in [0, 0.1) is 0 Å². The van der Waals surface area contributed by atoms with Crippen LogP contribution in [0.1, 0.15) is 12.8 Å². The molecule has 0 aromatic heterocycles. The predicted octanol–water partition coefficient (Wildman–Crippen LogP) is 0.335. The molecule has 104 valence electrons. The first-order valence-corrected chi connectivity index (χ1v) is 6.21. The highest BCUT2D eigenvalue weighted by Gasteiger charge is 2.09. The van der Waals surface area contributed by atoms with Crippen molar-refractivity contribution in [2.75, 3.05) is 60.7 Å². The van der Waals surface area contributed by atoms with Gasteiger partial charge in [-0.15, -0.1) is 0 Å². The Balaban J connectivity index is 3.82. The summed E-state index contributed by atoms with van der Waals surface area (Å²) in [4.78, 5) is 2.37. The van der Waals surface area contributed by atoms with Crippen molar-refractivity contribution < 1.29 is 14.2 Å². The van der Waals surface area contributed by atoms with Crippen LogP contribution in [-0.4, -0.2) is 71.7 Å². The van der Waals surface area contributed by atoms with E-state index in [4.69, 9.17) is 19.9 Å². The van der Waals surface area contributed by atoms with Crippen LogP contribution in [0.25, 0.3) is 0 Å². The lowest BCUT2D eigenvalue weighted by molar-refractivity contribution is 0.0796. The van der Waals surface area contributed by atoms with E-state index in [0.29, 0.717) is 6.54 Å². The lowest BCUT2D eigenvalue weighted by atomic mass is 10.2. The fourth-order valence-corrected chi connectivity index (χ4v) is 1.65. The number of methoxy groups -OCH3 is 3. The van der Waals surface area contributed by atoms with Crippen molar-refractivity contribution in [3.8, 4) is 0 Å². The molecule has 1 atom stereocenters. The molecule has 0 fully saturated rings. The van der Waals surface area contributed by atoms with Crippen LogP contribution in [0.3, 0.4) is 0 Å². The van der Waals surface area contributed by atoms with Crippen molar-refractivity contribution >= 4 is 0 Å². The van der Waals surface area contributed by atoms with Gasteiger partial charge in [0.25, 0.3) is 0 Å². The minimum absolute atomic E-state index is 0.155. The molecule has 0 aromatic carbocycles. The fourth-order valence-electron chi connectivity index (χ4n) is 1.65. The molecule has 0 radical (unpaired) electrons. The molecule has 0 spiro atoms. The van der Waals surface area contributed by atoms with Crippen molar-refractivity contribution in [3.63, 3.8) is 0 Å². The molecule has 0 heterocycles. The minimum Gasteiger partial charge on any atom is -0.385 e. The summed E-state index contributed by atoms with van der Waals surface area (Å²) in [6, 6.07) is 0. The fraction of sp³-hybridized carbons (Fsp3) is 1.00. The van der Waals surface area contributed by atoms with E-state index in [1.165, 1.54) is 0 Å². The molecule has 2 N–H and O–H groups in total. The number of nitrogens with zero attached hydrogens (tertiary/aromatic N) is 1. The van der Waals surface area contributed by atoms with Gasteiger partial charge in [0, 0.05) is 54.1 Å². The number of rotatable bonds is 12. The van der Waals surface area contributed by atoms with E-state index in [1.807, 2.05) is 0 Å². The van der Waals surface area contributed by atoms with E-state index < -0.39 is 0 Å². The molecule has 0 aliphatic carbocycles. The second-order valence-electron chi connectivity index (χ2n) is 4.06. The second kappa shape index (κ2) is 12.3. The average molecular weight is 248 g/mol. The van der Waals surface area contributed by atoms with Crippen molar-refractivity contribution in [2.24, 2.45) is 5.73 Å². The largest absolute Gasteiger partial charge is 0.385 e. The highest BCUT2D eigenvalue weighted by molar-refractivity contribution is 4.64. The maximum Gasteiger partial charge on any atom is 0.0705 e. The van der Waals surface area contributed by atoms with Crippen LogP contribution in [-0.2, 0) is 14.2 Å². The molecule has 5 nitrogen and oxygen atoms in total. The monoisotopic (exact) mass is 248 g/mol. The SMILES string of the molecule is COCCCN(CCOC)CCC(CN)OC. The zero-order valence-electron chi connectivity index (χ0n) is 11.5. The summed E-state index contributed by atoms with van der Waals surface area (Å²) < 4.78 is 15.4. The van der Waals surface area contributed by atoms with Gasteiger partial charge in [-0.2, -0.15) is 0 Å². The zero-order valence-corrected chi connectivity index (χ0v) is 11.5. The van der Waals surface area contributed by atoms with Crippen molar-refractivity contribution in [2.45, 2.75) is 18.9 Å².